The van der Waals surface area contributed by atoms with Gasteiger partial charge in [-0.2, -0.15) is 0 Å². The Hall–Kier alpha value is -2.30. The first-order valence-electron chi connectivity index (χ1n) is 45.2. The Labute approximate surface area is 672 Å². The first kappa shape index (κ1) is 75.4. The van der Waals surface area contributed by atoms with Crippen LogP contribution in [0.3, 0.4) is 0 Å². The molecule has 5 radical (unpaired) electrons. The van der Waals surface area contributed by atoms with Crippen LogP contribution in [0.1, 0.15) is 193 Å². The largest absolute Gasteiger partial charge is 0.445 e. The van der Waals surface area contributed by atoms with Crippen molar-refractivity contribution in [1.82, 2.24) is 85.1 Å². The van der Waals surface area contributed by atoms with Gasteiger partial charge in [0.15, 0.2) is 0 Å². The minimum atomic E-state index is -2.57. The normalized spacial score (nSPS) is 46.6. The lowest BCUT2D eigenvalue weighted by molar-refractivity contribution is 0.168. The van der Waals surface area contributed by atoms with Crippen molar-refractivity contribution >= 4 is 71.4 Å². The molecule has 0 spiro atoms. The van der Waals surface area contributed by atoms with E-state index in [1.165, 1.54) is 213 Å². The van der Waals surface area contributed by atoms with E-state index in [-0.39, 0.29) is 9.76 Å². The van der Waals surface area contributed by atoms with Gasteiger partial charge in [0.25, 0.3) is 8.32 Å². The van der Waals surface area contributed by atoms with Crippen molar-refractivity contribution in [1.29, 1.82) is 0 Å². The topological polar surface area (TPSA) is 202 Å². The maximum absolute atomic E-state index is 7.00. The summed E-state index contributed by atoms with van der Waals surface area (Å²) in [5.74, 6) is 11.6. The lowest BCUT2D eigenvalue weighted by atomic mass is 9.76. The quantitative estimate of drug-likeness (QED) is 0.0719. The minimum Gasteiger partial charge on any atom is -0.445 e. The van der Waals surface area contributed by atoms with Crippen molar-refractivity contribution in [3.63, 3.8) is 0 Å². The zero-order valence-corrected chi connectivity index (χ0v) is 69.5. The first-order valence-corrected chi connectivity index (χ1v) is 49.5. The van der Waals surface area contributed by atoms with Gasteiger partial charge < -0.3 is 4.12 Å². The van der Waals surface area contributed by atoms with Crippen LogP contribution in [0.5, 0.6) is 0 Å². The molecule has 583 valence electrons. The highest BCUT2D eigenvalue weighted by molar-refractivity contribution is 7.09. The first-order chi connectivity index (χ1) is 53.8. The van der Waals surface area contributed by atoms with Gasteiger partial charge in [-0.15, -0.1) is 9.56 Å². The number of hydrogen-bond donors (Lipinski definition) is 16. The molecule has 10 heterocycles. The average Bonchev–Trinajstić information content (AvgIpc) is 1.69. The van der Waals surface area contributed by atoms with E-state index in [1.54, 1.807) is 0 Å². The average molecular weight is 1540 g/mol. The number of nitrogens with one attached hydrogen (secondary N) is 16. The van der Waals surface area contributed by atoms with Gasteiger partial charge in [-0.3, -0.25) is 85.1 Å². The molecule has 34 unspecified atom stereocenters. The van der Waals surface area contributed by atoms with Crippen molar-refractivity contribution in [2.75, 3.05) is 0 Å². The predicted molar refractivity (Wildman–Crippen MR) is 442 cm³/mol. The summed E-state index contributed by atoms with van der Waals surface area (Å²) in [6.45, 7) is 0. The summed E-state index contributed by atoms with van der Waals surface area (Å²) in [5, 5.41) is 72.8. The van der Waals surface area contributed by atoms with E-state index in [0.29, 0.717) is 132 Å². The fourth-order valence-electron chi connectivity index (χ4n) is 27.6. The lowest BCUT2D eigenvalue weighted by Crippen LogP contribution is -2.70. The Morgan fingerprint density at radius 1 is 0.220 bits per heavy atom. The molecule has 0 amide bonds. The van der Waals surface area contributed by atoms with Gasteiger partial charge in [0.05, 0.1) is 98.7 Å². The molecule has 16 bridgehead atoms. The van der Waals surface area contributed by atoms with E-state index in [1.807, 2.05) is 0 Å². The summed E-state index contributed by atoms with van der Waals surface area (Å²) in [5.41, 5.74) is 0. The van der Waals surface area contributed by atoms with Gasteiger partial charge in [-0.25, -0.2) is 0 Å². The molecule has 4 aromatic rings. The number of benzene rings is 4. The molecule has 4 aromatic carbocycles. The smallest absolute Gasteiger partial charge is 0.278 e. The summed E-state index contributed by atoms with van der Waals surface area (Å²) in [7, 11) is -2.87. The van der Waals surface area contributed by atoms with Gasteiger partial charge in [-0.05, 0) is 205 Å². The Bertz CT molecular complexity index is 3360. The van der Waals surface area contributed by atoms with E-state index in [2.05, 4.69) is 239 Å². The summed E-state index contributed by atoms with van der Waals surface area (Å²) in [6.07, 6.45) is 47.7. The maximum Gasteiger partial charge on any atom is 0.278 e. The van der Waals surface area contributed by atoms with Gasteiger partial charge in [0.2, 0.25) is 9.76 Å². The van der Waals surface area contributed by atoms with Crippen LogP contribution >= 0.6 is 0 Å². The van der Waals surface area contributed by atoms with Crippen LogP contribution in [0.2, 0.25) is 9.56 Å². The molecular weight excluding hydrogens is 1410 g/mol. The van der Waals surface area contributed by atoms with Crippen LogP contribution in [-0.2, 0) is 4.12 Å². The Kier molecular flexibility index (Phi) is 23.3. The molecule has 10 aliphatic heterocycles. The monoisotopic (exact) mass is 1540 g/mol. The molecule has 21 heteroatoms. The Morgan fingerprint density at radius 2 is 0.404 bits per heavy atom. The Morgan fingerprint density at radius 3 is 0.624 bits per heavy atom. The van der Waals surface area contributed by atoms with Gasteiger partial charge >= 0.3 is 0 Å². The van der Waals surface area contributed by atoms with E-state index in [0.717, 1.165) is 71.0 Å². The van der Waals surface area contributed by atoms with E-state index < -0.39 is 8.32 Å². The zero-order chi connectivity index (χ0) is 72.5. The van der Waals surface area contributed by atoms with Crippen LogP contribution in [0.4, 0.5) is 0 Å². The summed E-state index contributed by atoms with van der Waals surface area (Å²) >= 11 is 6.56. The minimum absolute atomic E-state index is 0.296. The number of fused-ring (bicyclic) bond motifs is 40. The summed E-state index contributed by atoms with van der Waals surface area (Å²) < 4.78 is 8.39. The second-order valence-corrected chi connectivity index (χ2v) is 44.7. The number of rotatable bonds is 6. The highest BCUT2D eigenvalue weighted by Crippen LogP contribution is 2.51. The molecule has 0 aromatic heterocycles. The molecule has 22 rings (SSSR count). The molecule has 10 saturated heterocycles. The van der Waals surface area contributed by atoms with Crippen molar-refractivity contribution in [2.45, 2.75) is 301 Å². The molecule has 34 atom stereocenters. The van der Waals surface area contributed by atoms with Crippen molar-refractivity contribution < 1.29 is 4.12 Å². The summed E-state index contributed by atoms with van der Waals surface area (Å²) in [6, 6.07) is 42.8. The molecule has 8 aliphatic carbocycles. The maximum atomic E-state index is 7.00. The van der Waals surface area contributed by atoms with Crippen LogP contribution < -0.4 is 106 Å². The molecular formula is C88H131Al2N16OSi2. The predicted octanol–water partition coefficient (Wildman–Crippen LogP) is 6.69. The molecule has 8 saturated carbocycles. The zero-order valence-electron chi connectivity index (χ0n) is 65.0. The van der Waals surface area contributed by atoms with Crippen LogP contribution in [0, 0.1) is 94.7 Å². The van der Waals surface area contributed by atoms with Crippen LogP contribution in [-0.4, -0.2) is 149 Å². The fraction of sp³-hybridized carbons (Fsp3) is 0.727. The van der Waals surface area contributed by atoms with E-state index >= 15 is 0 Å². The SMILES string of the molecule is [Al][CH]1CCCC2C3NC4NC(NC5NC(NC6NC(NC(N3)C12)C1CCCCC61)C1CCCCC51)C1CCCCC41.[Al][CH]1CCCC2C3NC4NC(NC5NC(NC6NC(NC(N3)C12)C1CCCCC61)C1CCCCC51)C1CCCCC41.c1ccc([SiH]O[Si](c2ccccc2)(c2ccccc2)c2ccccc2)cc1. The molecule has 18 fully saturated rings. The van der Waals surface area contributed by atoms with Gasteiger partial charge in [0.1, 0.15) is 32.6 Å². The second-order valence-electron chi connectivity index (χ2n) is 38.1. The highest BCUT2D eigenvalue weighted by atomic mass is 28.4. The van der Waals surface area contributed by atoms with Crippen molar-refractivity contribution in [2.24, 2.45) is 94.7 Å². The van der Waals surface area contributed by atoms with Crippen molar-refractivity contribution in [3.8, 4) is 0 Å². The highest BCUT2D eigenvalue weighted by Gasteiger charge is 2.59. The van der Waals surface area contributed by atoms with Crippen LogP contribution in [0.15, 0.2) is 121 Å². The van der Waals surface area contributed by atoms with Gasteiger partial charge in [-0.1, -0.05) is 224 Å². The number of hydrogen-bond acceptors (Lipinski definition) is 17. The third-order valence-electron chi connectivity index (χ3n) is 32.6. The van der Waals surface area contributed by atoms with E-state index in [9.17, 15) is 0 Å². The fourth-order valence-corrected chi connectivity index (χ4v) is 35.4. The molecule has 18 aliphatic rings. The van der Waals surface area contributed by atoms with Crippen molar-refractivity contribution in [3.05, 3.63) is 121 Å². The molecule has 17 nitrogen and oxygen atoms in total. The Balaban J connectivity index is 0.000000110. The third kappa shape index (κ3) is 15.0. The molecule has 109 heavy (non-hydrogen) atoms. The lowest BCUT2D eigenvalue weighted by Gasteiger charge is -2.39. The standard InChI is InChI=1S/2C32H55N8.C24H21OSi2.2Al/c2*1-2-10-18-17(9-1)25-33-26(18)38-28-21-13-5-6-14-22(21)30(35-28)40-32-24-16-8-7-15-23(24)31(36-32)39-29-20-12-4-3-11-19(20)27(34-29)37-25;1-5-13-21(14-6-1)26-25-27(22-15-7-2-8-16-22,23-17-9-3-10-18-23)24-19-11-4-12-20-24;;/h2*9,17-40H,1-8,10-16H2;1-20,26H;;. The molecule has 16 N–H and O–H groups in total. The third-order valence-corrected chi connectivity index (χ3v) is 40.1. The summed E-state index contributed by atoms with van der Waals surface area (Å²) in [4.78, 5) is 0. The van der Waals surface area contributed by atoms with E-state index in [4.69, 9.17) is 4.12 Å². The van der Waals surface area contributed by atoms with Gasteiger partial charge in [0, 0.05) is 0 Å². The second kappa shape index (κ2) is 33.6. The van der Waals surface area contributed by atoms with Crippen LogP contribution in [0.25, 0.3) is 0 Å².